The van der Waals surface area contributed by atoms with E-state index in [1.54, 1.807) is 19.1 Å². The lowest BCUT2D eigenvalue weighted by molar-refractivity contribution is -0.137. The Morgan fingerprint density at radius 1 is 1.39 bits per heavy atom. The van der Waals surface area contributed by atoms with E-state index in [4.69, 9.17) is 14.6 Å². The molecule has 1 rings (SSSR count). The number of methoxy groups -OCH3 is 1. The van der Waals surface area contributed by atoms with Gasteiger partial charge in [0.2, 0.25) is 0 Å². The van der Waals surface area contributed by atoms with Gasteiger partial charge in [-0.25, -0.2) is 9.59 Å². The summed E-state index contributed by atoms with van der Waals surface area (Å²) in [6, 6.07) is 4.55. The lowest BCUT2D eigenvalue weighted by Crippen LogP contribution is -2.01. The second kappa shape index (κ2) is 6.44. The van der Waals surface area contributed by atoms with E-state index in [1.807, 2.05) is 0 Å². The van der Waals surface area contributed by atoms with E-state index in [2.05, 4.69) is 0 Å². The van der Waals surface area contributed by atoms with E-state index < -0.39 is 11.9 Å². The average molecular weight is 250 g/mol. The maximum atomic E-state index is 11.1. The van der Waals surface area contributed by atoms with Crippen LogP contribution in [0.15, 0.2) is 24.3 Å². The molecule has 1 aromatic carbocycles. The van der Waals surface area contributed by atoms with E-state index in [-0.39, 0.29) is 11.3 Å². The molecule has 1 N–H and O–H groups in total. The maximum absolute atomic E-state index is 11.1. The number of esters is 1. The number of carboxylic acids is 1. The number of aromatic carboxylic acids is 1. The quantitative estimate of drug-likeness (QED) is 0.639. The molecule has 0 spiro atoms. The van der Waals surface area contributed by atoms with Gasteiger partial charge in [0.15, 0.2) is 0 Å². The number of benzene rings is 1. The van der Waals surface area contributed by atoms with Crippen molar-refractivity contribution in [2.24, 2.45) is 0 Å². The van der Waals surface area contributed by atoms with Gasteiger partial charge in [0.1, 0.15) is 11.3 Å². The van der Waals surface area contributed by atoms with Gasteiger partial charge in [-0.05, 0) is 30.7 Å². The third kappa shape index (κ3) is 3.62. The molecule has 96 valence electrons. The van der Waals surface area contributed by atoms with Crippen LogP contribution in [0.1, 0.15) is 22.8 Å². The number of carboxylic acid groups (broad SMARTS) is 1. The Labute approximate surface area is 105 Å². The number of hydrogen-bond acceptors (Lipinski definition) is 4. The van der Waals surface area contributed by atoms with Gasteiger partial charge in [0.05, 0.1) is 13.7 Å². The monoisotopic (exact) mass is 250 g/mol. The van der Waals surface area contributed by atoms with Gasteiger partial charge in [-0.3, -0.25) is 0 Å². The van der Waals surface area contributed by atoms with E-state index in [1.165, 1.54) is 25.3 Å². The predicted molar refractivity (Wildman–Crippen MR) is 65.6 cm³/mol. The highest BCUT2D eigenvalue weighted by Gasteiger charge is 2.10. The van der Waals surface area contributed by atoms with Crippen LogP contribution in [0.25, 0.3) is 6.08 Å². The summed E-state index contributed by atoms with van der Waals surface area (Å²) in [6.45, 7) is 2.03. The fourth-order valence-corrected chi connectivity index (χ4v) is 1.34. The Morgan fingerprint density at radius 2 is 2.11 bits per heavy atom. The van der Waals surface area contributed by atoms with Crippen molar-refractivity contribution in [2.45, 2.75) is 6.92 Å². The molecule has 0 saturated carbocycles. The van der Waals surface area contributed by atoms with Crippen LogP contribution < -0.4 is 4.74 Å². The van der Waals surface area contributed by atoms with Crippen LogP contribution in [-0.2, 0) is 9.53 Å². The molecular formula is C13H14O5. The van der Waals surface area contributed by atoms with Crippen molar-refractivity contribution < 1.29 is 24.2 Å². The van der Waals surface area contributed by atoms with Crippen molar-refractivity contribution in [3.8, 4) is 5.75 Å². The SMILES string of the molecule is CCOC(=O)C=Cc1ccc(C(=O)O)c(OC)c1. The minimum Gasteiger partial charge on any atom is -0.496 e. The zero-order chi connectivity index (χ0) is 13.5. The summed E-state index contributed by atoms with van der Waals surface area (Å²) >= 11 is 0. The van der Waals surface area contributed by atoms with E-state index in [0.29, 0.717) is 12.2 Å². The molecule has 0 atom stereocenters. The van der Waals surface area contributed by atoms with Crippen molar-refractivity contribution in [3.63, 3.8) is 0 Å². The Hall–Kier alpha value is -2.30. The van der Waals surface area contributed by atoms with Crippen LogP contribution in [0.2, 0.25) is 0 Å². The van der Waals surface area contributed by atoms with Crippen molar-refractivity contribution in [1.82, 2.24) is 0 Å². The highest BCUT2D eigenvalue weighted by Crippen LogP contribution is 2.20. The Bertz CT molecular complexity index is 476. The minimum absolute atomic E-state index is 0.0748. The molecule has 1 aromatic rings. The topological polar surface area (TPSA) is 72.8 Å². The van der Waals surface area contributed by atoms with E-state index in [9.17, 15) is 9.59 Å². The number of hydrogen-bond donors (Lipinski definition) is 1. The van der Waals surface area contributed by atoms with Crippen LogP contribution >= 0.6 is 0 Å². The van der Waals surface area contributed by atoms with Gasteiger partial charge >= 0.3 is 11.9 Å². The summed E-state index contributed by atoms with van der Waals surface area (Å²) in [5.41, 5.74) is 0.732. The van der Waals surface area contributed by atoms with E-state index in [0.717, 1.165) is 0 Å². The van der Waals surface area contributed by atoms with Crippen molar-refractivity contribution in [2.75, 3.05) is 13.7 Å². The highest BCUT2D eigenvalue weighted by molar-refractivity contribution is 5.92. The van der Waals surface area contributed by atoms with Crippen molar-refractivity contribution in [1.29, 1.82) is 0 Å². The zero-order valence-electron chi connectivity index (χ0n) is 10.2. The summed E-state index contributed by atoms with van der Waals surface area (Å²) < 4.78 is 9.70. The third-order valence-corrected chi connectivity index (χ3v) is 2.15. The maximum Gasteiger partial charge on any atom is 0.339 e. The molecular weight excluding hydrogens is 236 g/mol. The first kappa shape index (κ1) is 13.8. The lowest BCUT2D eigenvalue weighted by Gasteiger charge is -2.05. The molecule has 0 radical (unpaired) electrons. The van der Waals surface area contributed by atoms with Gasteiger partial charge in [-0.2, -0.15) is 0 Å². The second-order valence-electron chi connectivity index (χ2n) is 3.35. The fourth-order valence-electron chi connectivity index (χ4n) is 1.34. The fraction of sp³-hybridized carbons (Fsp3) is 0.231. The molecule has 0 fully saturated rings. The summed E-state index contributed by atoms with van der Waals surface area (Å²) in [6.07, 6.45) is 2.81. The Morgan fingerprint density at radius 3 is 2.67 bits per heavy atom. The molecule has 0 amide bonds. The van der Waals surface area contributed by atoms with Crippen molar-refractivity contribution in [3.05, 3.63) is 35.4 Å². The molecule has 0 aliphatic heterocycles. The molecule has 0 saturated heterocycles. The minimum atomic E-state index is -1.06. The van der Waals surface area contributed by atoms with Gasteiger partial charge in [-0.1, -0.05) is 6.07 Å². The van der Waals surface area contributed by atoms with E-state index >= 15 is 0 Å². The average Bonchev–Trinajstić information content (AvgIpc) is 2.36. The first-order valence-electron chi connectivity index (χ1n) is 5.34. The van der Waals surface area contributed by atoms with Gasteiger partial charge in [0, 0.05) is 6.08 Å². The zero-order valence-corrected chi connectivity index (χ0v) is 10.2. The van der Waals surface area contributed by atoms with Gasteiger partial charge in [-0.15, -0.1) is 0 Å². The molecule has 5 heteroatoms. The molecule has 0 aliphatic carbocycles. The van der Waals surface area contributed by atoms with Gasteiger partial charge < -0.3 is 14.6 Å². The molecule has 0 bridgehead atoms. The molecule has 0 heterocycles. The van der Waals surface area contributed by atoms with Crippen LogP contribution in [0.4, 0.5) is 0 Å². The second-order valence-corrected chi connectivity index (χ2v) is 3.35. The van der Waals surface area contributed by atoms with Crippen LogP contribution in [-0.4, -0.2) is 30.8 Å². The lowest BCUT2D eigenvalue weighted by atomic mass is 10.1. The third-order valence-electron chi connectivity index (χ3n) is 2.15. The Balaban J connectivity index is 2.92. The Kier molecular flexibility index (Phi) is 4.92. The standard InChI is InChI=1S/C13H14O5/c1-3-18-12(14)7-5-9-4-6-10(13(15)16)11(8-9)17-2/h4-8H,3H2,1-2H3,(H,15,16). The molecule has 0 aromatic heterocycles. The van der Waals surface area contributed by atoms with Gasteiger partial charge in [0.25, 0.3) is 0 Å². The molecule has 0 aliphatic rings. The van der Waals surface area contributed by atoms with Crippen LogP contribution in [0, 0.1) is 0 Å². The first-order chi connectivity index (χ1) is 8.58. The highest BCUT2D eigenvalue weighted by atomic mass is 16.5. The summed E-state index contributed by atoms with van der Waals surface area (Å²) in [5, 5.41) is 8.90. The summed E-state index contributed by atoms with van der Waals surface area (Å²) in [4.78, 5) is 22.0. The molecule has 5 nitrogen and oxygen atoms in total. The summed E-state index contributed by atoms with van der Waals surface area (Å²) in [5.74, 6) is -1.26. The number of ether oxygens (including phenoxy) is 2. The molecule has 0 unspecified atom stereocenters. The predicted octanol–water partition coefficient (Wildman–Crippen LogP) is 1.97. The smallest absolute Gasteiger partial charge is 0.339 e. The summed E-state index contributed by atoms with van der Waals surface area (Å²) in [7, 11) is 1.39. The normalized spacial score (nSPS) is 10.3. The largest absolute Gasteiger partial charge is 0.496 e. The van der Waals surface area contributed by atoms with Crippen LogP contribution in [0.5, 0.6) is 5.75 Å². The number of carbonyl (C=O) groups excluding carboxylic acids is 1. The molecule has 18 heavy (non-hydrogen) atoms. The first-order valence-corrected chi connectivity index (χ1v) is 5.34. The number of carbonyl (C=O) groups is 2. The number of rotatable bonds is 5. The van der Waals surface area contributed by atoms with Crippen LogP contribution in [0.3, 0.4) is 0 Å². The van der Waals surface area contributed by atoms with Crippen molar-refractivity contribution >= 4 is 18.0 Å².